The summed E-state index contributed by atoms with van der Waals surface area (Å²) in [6, 6.07) is 32.7. The number of carbonyl (C=O) groups is 2. The fraction of sp³-hybridized carbons (Fsp3) is 0.133. The number of amides is 2. The zero-order chi connectivity index (χ0) is 25.3. The highest BCUT2D eigenvalue weighted by Crippen LogP contribution is 2.26. The van der Waals surface area contributed by atoms with Crippen molar-refractivity contribution in [2.75, 3.05) is 0 Å². The highest BCUT2D eigenvalue weighted by atomic mass is 35.5. The van der Waals surface area contributed by atoms with Gasteiger partial charge in [-0.3, -0.25) is 9.59 Å². The standard InChI is InChI=1S/C30H26Cl2N2O2/c31-26-15-11-22(12-16-26)19-28(35)34(21-24-13-17-27(32)18-14-24)29(25-9-5-2-6-10-25)30(36)33-20-23-7-3-1-4-8-23/h1-18,29H,19-21H2,(H,33,36)/t29-/m0/s1. The van der Waals surface area contributed by atoms with Crippen LogP contribution in [0.15, 0.2) is 109 Å². The van der Waals surface area contributed by atoms with Gasteiger partial charge in [-0.1, -0.05) is 108 Å². The second-order valence-electron chi connectivity index (χ2n) is 8.47. The van der Waals surface area contributed by atoms with E-state index in [0.717, 1.165) is 22.3 Å². The maximum absolute atomic E-state index is 13.7. The van der Waals surface area contributed by atoms with Crippen LogP contribution < -0.4 is 5.32 Å². The zero-order valence-electron chi connectivity index (χ0n) is 19.6. The zero-order valence-corrected chi connectivity index (χ0v) is 21.1. The minimum atomic E-state index is -0.814. The summed E-state index contributed by atoms with van der Waals surface area (Å²) in [5.74, 6) is -0.417. The first kappa shape index (κ1) is 25.5. The van der Waals surface area contributed by atoms with Crippen LogP contribution in [0, 0.1) is 0 Å². The summed E-state index contributed by atoms with van der Waals surface area (Å²) in [6.45, 7) is 0.616. The second kappa shape index (κ2) is 12.4. The lowest BCUT2D eigenvalue weighted by Gasteiger charge is -2.32. The molecular formula is C30H26Cl2N2O2. The minimum absolute atomic E-state index is 0.139. The lowest BCUT2D eigenvalue weighted by Crippen LogP contribution is -2.43. The van der Waals surface area contributed by atoms with Gasteiger partial charge in [0.2, 0.25) is 11.8 Å². The van der Waals surface area contributed by atoms with Gasteiger partial charge in [0, 0.05) is 23.1 Å². The molecular weight excluding hydrogens is 491 g/mol. The van der Waals surface area contributed by atoms with Gasteiger partial charge in [0.25, 0.3) is 0 Å². The summed E-state index contributed by atoms with van der Waals surface area (Å²) in [5, 5.41) is 4.24. The van der Waals surface area contributed by atoms with Gasteiger partial charge in [-0.15, -0.1) is 0 Å². The van der Waals surface area contributed by atoms with Crippen LogP contribution in [0.3, 0.4) is 0 Å². The molecule has 0 fully saturated rings. The number of benzene rings is 4. The second-order valence-corrected chi connectivity index (χ2v) is 9.34. The van der Waals surface area contributed by atoms with Crippen LogP contribution in [-0.2, 0) is 29.1 Å². The molecule has 0 aliphatic rings. The van der Waals surface area contributed by atoms with Crippen molar-refractivity contribution in [1.29, 1.82) is 0 Å². The quantitative estimate of drug-likeness (QED) is 0.271. The van der Waals surface area contributed by atoms with Crippen molar-refractivity contribution in [3.63, 3.8) is 0 Å². The molecule has 1 atom stereocenters. The van der Waals surface area contributed by atoms with E-state index in [0.29, 0.717) is 16.6 Å². The third-order valence-electron chi connectivity index (χ3n) is 5.84. The summed E-state index contributed by atoms with van der Waals surface area (Å²) < 4.78 is 0. The van der Waals surface area contributed by atoms with Gasteiger partial charge < -0.3 is 10.2 Å². The van der Waals surface area contributed by atoms with E-state index in [2.05, 4.69) is 5.32 Å². The summed E-state index contributed by atoms with van der Waals surface area (Å²) in [6.07, 6.45) is 0.139. The Labute approximate surface area is 221 Å². The maximum atomic E-state index is 13.7. The number of nitrogens with zero attached hydrogens (tertiary/aromatic N) is 1. The van der Waals surface area contributed by atoms with Crippen molar-refractivity contribution in [3.8, 4) is 0 Å². The van der Waals surface area contributed by atoms with E-state index in [-0.39, 0.29) is 24.8 Å². The van der Waals surface area contributed by atoms with Crippen LogP contribution in [0.5, 0.6) is 0 Å². The largest absolute Gasteiger partial charge is 0.350 e. The Bertz CT molecular complexity index is 1280. The Morgan fingerprint density at radius 3 is 1.78 bits per heavy atom. The fourth-order valence-corrected chi connectivity index (χ4v) is 4.23. The van der Waals surface area contributed by atoms with Crippen molar-refractivity contribution in [2.45, 2.75) is 25.6 Å². The maximum Gasteiger partial charge on any atom is 0.247 e. The van der Waals surface area contributed by atoms with E-state index in [1.165, 1.54) is 0 Å². The van der Waals surface area contributed by atoms with Crippen molar-refractivity contribution < 1.29 is 9.59 Å². The molecule has 0 radical (unpaired) electrons. The SMILES string of the molecule is O=C(NCc1ccccc1)[C@H](c1ccccc1)N(Cc1ccc(Cl)cc1)C(=O)Cc1ccc(Cl)cc1. The van der Waals surface area contributed by atoms with E-state index in [4.69, 9.17) is 23.2 Å². The number of nitrogens with one attached hydrogen (secondary N) is 1. The predicted octanol–water partition coefficient (Wildman–Crippen LogP) is 6.62. The van der Waals surface area contributed by atoms with Crippen LogP contribution in [0.2, 0.25) is 10.0 Å². The highest BCUT2D eigenvalue weighted by Gasteiger charge is 2.31. The van der Waals surface area contributed by atoms with E-state index >= 15 is 0 Å². The number of halogens is 2. The lowest BCUT2D eigenvalue weighted by atomic mass is 10.0. The molecule has 182 valence electrons. The van der Waals surface area contributed by atoms with Gasteiger partial charge in [-0.05, 0) is 46.5 Å². The van der Waals surface area contributed by atoms with Gasteiger partial charge >= 0.3 is 0 Å². The van der Waals surface area contributed by atoms with Crippen molar-refractivity contribution in [2.24, 2.45) is 0 Å². The lowest BCUT2D eigenvalue weighted by molar-refractivity contribution is -0.141. The van der Waals surface area contributed by atoms with Crippen LogP contribution in [-0.4, -0.2) is 16.7 Å². The molecule has 0 spiro atoms. The number of hydrogen-bond donors (Lipinski definition) is 1. The molecule has 4 rings (SSSR count). The average molecular weight is 517 g/mol. The van der Waals surface area contributed by atoms with Crippen LogP contribution in [0.25, 0.3) is 0 Å². The smallest absolute Gasteiger partial charge is 0.247 e. The summed E-state index contributed by atoms with van der Waals surface area (Å²) >= 11 is 12.1. The minimum Gasteiger partial charge on any atom is -0.350 e. The molecule has 0 aliphatic heterocycles. The molecule has 0 unspecified atom stereocenters. The molecule has 0 aliphatic carbocycles. The third kappa shape index (κ3) is 6.97. The summed E-state index contributed by atoms with van der Waals surface area (Å²) in [4.78, 5) is 29.0. The molecule has 2 amide bonds. The Morgan fingerprint density at radius 2 is 1.19 bits per heavy atom. The molecule has 0 aromatic heterocycles. The van der Waals surface area contributed by atoms with Crippen molar-refractivity contribution >= 4 is 35.0 Å². The predicted molar refractivity (Wildman–Crippen MR) is 145 cm³/mol. The molecule has 0 heterocycles. The molecule has 0 saturated heterocycles. The first-order valence-electron chi connectivity index (χ1n) is 11.6. The first-order chi connectivity index (χ1) is 17.5. The Kier molecular flexibility index (Phi) is 8.77. The van der Waals surface area contributed by atoms with E-state index in [1.807, 2.05) is 84.9 Å². The van der Waals surface area contributed by atoms with E-state index in [9.17, 15) is 9.59 Å². The van der Waals surface area contributed by atoms with Crippen molar-refractivity contribution in [3.05, 3.63) is 141 Å². The van der Waals surface area contributed by atoms with E-state index < -0.39 is 6.04 Å². The van der Waals surface area contributed by atoms with E-state index in [1.54, 1.807) is 29.2 Å². The van der Waals surface area contributed by atoms with Gasteiger partial charge in [-0.25, -0.2) is 0 Å². The van der Waals surface area contributed by atoms with Crippen LogP contribution in [0.1, 0.15) is 28.3 Å². The normalized spacial score (nSPS) is 11.5. The Hall–Kier alpha value is -3.60. The number of carbonyl (C=O) groups excluding carboxylic acids is 2. The van der Waals surface area contributed by atoms with Crippen LogP contribution in [0.4, 0.5) is 0 Å². The average Bonchev–Trinajstić information content (AvgIpc) is 2.91. The van der Waals surface area contributed by atoms with Crippen molar-refractivity contribution in [1.82, 2.24) is 10.2 Å². The van der Waals surface area contributed by atoms with Crippen LogP contribution >= 0.6 is 23.2 Å². The highest BCUT2D eigenvalue weighted by molar-refractivity contribution is 6.30. The molecule has 4 nitrogen and oxygen atoms in total. The molecule has 4 aromatic carbocycles. The molecule has 0 saturated carbocycles. The monoisotopic (exact) mass is 516 g/mol. The summed E-state index contributed by atoms with van der Waals surface area (Å²) in [7, 11) is 0. The van der Waals surface area contributed by atoms with Gasteiger partial charge in [0.05, 0.1) is 6.42 Å². The Balaban J connectivity index is 1.67. The first-order valence-corrected chi connectivity index (χ1v) is 12.4. The number of rotatable bonds is 9. The topological polar surface area (TPSA) is 49.4 Å². The van der Waals surface area contributed by atoms with Gasteiger partial charge in [-0.2, -0.15) is 0 Å². The number of hydrogen-bond acceptors (Lipinski definition) is 2. The molecule has 4 aromatic rings. The molecule has 0 bridgehead atoms. The fourth-order valence-electron chi connectivity index (χ4n) is 3.98. The Morgan fingerprint density at radius 1 is 0.667 bits per heavy atom. The summed E-state index contributed by atoms with van der Waals surface area (Å²) in [5.41, 5.74) is 3.42. The molecule has 6 heteroatoms. The van der Waals surface area contributed by atoms with Gasteiger partial charge in [0.15, 0.2) is 0 Å². The third-order valence-corrected chi connectivity index (χ3v) is 6.34. The van der Waals surface area contributed by atoms with Gasteiger partial charge in [0.1, 0.15) is 6.04 Å². The molecule has 36 heavy (non-hydrogen) atoms. The molecule has 1 N–H and O–H groups in total.